The molecule has 5 heterocycles. The number of aromatic nitrogens is 2. The zero-order valence-electron chi connectivity index (χ0n) is 29.7. The molecule has 0 amide bonds. The van der Waals surface area contributed by atoms with Crippen molar-refractivity contribution >= 4 is 54.1 Å². The Kier molecular flexibility index (Phi) is 11.3. The highest BCUT2D eigenvalue weighted by molar-refractivity contribution is 9.10. The van der Waals surface area contributed by atoms with Crippen LogP contribution < -0.4 is 5.46 Å². The van der Waals surface area contributed by atoms with Gasteiger partial charge in [0.05, 0.1) is 33.6 Å². The first-order chi connectivity index (χ1) is 20.8. The van der Waals surface area contributed by atoms with Gasteiger partial charge in [0.1, 0.15) is 11.4 Å². The fourth-order valence-electron chi connectivity index (χ4n) is 4.32. The fourth-order valence-corrected chi connectivity index (χ4v) is 4.55. The summed E-state index contributed by atoms with van der Waals surface area (Å²) in [5, 5.41) is 0. The second kappa shape index (κ2) is 13.5. The fraction of sp³-hybridized carbons (Fsp3) is 0.625. The summed E-state index contributed by atoms with van der Waals surface area (Å²) in [4.78, 5) is 29.8. The first kappa shape index (κ1) is 38.5. The van der Waals surface area contributed by atoms with Crippen LogP contribution in [0.3, 0.4) is 0 Å². The highest BCUT2D eigenvalue weighted by Gasteiger charge is 2.63. The zero-order chi connectivity index (χ0) is 35.1. The molecule has 2 aromatic rings. The molecule has 0 unspecified atom stereocenters. The minimum absolute atomic E-state index is 0.00694. The second-order valence-corrected chi connectivity index (χ2v) is 15.7. The van der Waals surface area contributed by atoms with Crippen molar-refractivity contribution in [2.45, 2.75) is 131 Å². The van der Waals surface area contributed by atoms with Crippen LogP contribution in [0.25, 0.3) is 0 Å². The number of rotatable bonds is 4. The summed E-state index contributed by atoms with van der Waals surface area (Å²) in [6.45, 7) is 27.2. The van der Waals surface area contributed by atoms with Crippen molar-refractivity contribution in [3.8, 4) is 0 Å². The molecule has 0 radical (unpaired) electrons. The Morgan fingerprint density at radius 2 is 0.870 bits per heavy atom. The summed E-state index contributed by atoms with van der Waals surface area (Å²) in [5.74, 6) is -0.0528. The Balaban J connectivity index is 0.000000196. The van der Waals surface area contributed by atoms with E-state index in [1.165, 1.54) is 13.8 Å². The molecule has 0 aromatic carbocycles. The van der Waals surface area contributed by atoms with Gasteiger partial charge in [0.2, 0.25) is 0 Å². The lowest BCUT2D eigenvalue weighted by Crippen LogP contribution is -2.41. The maximum atomic E-state index is 11.2. The zero-order valence-corrected chi connectivity index (χ0v) is 31.3. The van der Waals surface area contributed by atoms with Crippen LogP contribution >= 0.6 is 15.9 Å². The maximum absolute atomic E-state index is 11.2. The average Bonchev–Trinajstić information content (AvgIpc) is 3.38. The van der Waals surface area contributed by atoms with Crippen LogP contribution in [0.2, 0.25) is 0 Å². The van der Waals surface area contributed by atoms with Crippen LogP contribution in [0.1, 0.15) is 118 Å². The number of halogens is 1. The van der Waals surface area contributed by atoms with Gasteiger partial charge in [0.25, 0.3) is 0 Å². The molecule has 0 spiro atoms. The van der Waals surface area contributed by atoms with E-state index in [0.717, 1.165) is 9.94 Å². The molecule has 0 aliphatic carbocycles. The van der Waals surface area contributed by atoms with E-state index < -0.39 is 21.1 Å². The van der Waals surface area contributed by atoms with E-state index in [1.54, 1.807) is 30.6 Å². The highest BCUT2D eigenvalue weighted by Crippen LogP contribution is 2.43. The minimum atomic E-state index is -0.476. The molecule has 3 aliphatic rings. The molecular formula is C32H48B3BrN2O8. The molecular weight excluding hydrogens is 653 g/mol. The van der Waals surface area contributed by atoms with E-state index in [1.807, 2.05) is 89.2 Å². The highest BCUT2D eigenvalue weighted by atomic mass is 79.9. The predicted molar refractivity (Wildman–Crippen MR) is 184 cm³/mol. The van der Waals surface area contributed by atoms with Crippen molar-refractivity contribution in [1.29, 1.82) is 0 Å². The number of nitrogens with zero attached hydrogens (tertiary/aromatic N) is 2. The lowest BCUT2D eigenvalue weighted by Gasteiger charge is -2.32. The van der Waals surface area contributed by atoms with Gasteiger partial charge in [0, 0.05) is 36.2 Å². The summed E-state index contributed by atoms with van der Waals surface area (Å²) >= 11 is 3.22. The van der Waals surface area contributed by atoms with Crippen molar-refractivity contribution in [3.63, 3.8) is 0 Å². The number of hydrogen-bond donors (Lipinski definition) is 0. The topological polar surface area (TPSA) is 115 Å². The third-order valence-corrected chi connectivity index (χ3v) is 9.99. The van der Waals surface area contributed by atoms with Crippen molar-refractivity contribution in [2.75, 3.05) is 0 Å². The Bertz CT molecular complexity index is 1320. The number of pyridine rings is 2. The van der Waals surface area contributed by atoms with Gasteiger partial charge in [-0.15, -0.1) is 0 Å². The van der Waals surface area contributed by atoms with Gasteiger partial charge in [-0.2, -0.15) is 0 Å². The van der Waals surface area contributed by atoms with Gasteiger partial charge in [-0.1, -0.05) is 6.07 Å². The number of hydrogen-bond acceptors (Lipinski definition) is 10. The molecule has 46 heavy (non-hydrogen) atoms. The number of Topliss-reactive ketones (excluding diaryl/α,β-unsaturated/α-hetero) is 2. The monoisotopic (exact) mass is 700 g/mol. The Morgan fingerprint density at radius 3 is 1.15 bits per heavy atom. The molecule has 10 nitrogen and oxygen atoms in total. The van der Waals surface area contributed by atoms with E-state index in [-0.39, 0.29) is 45.2 Å². The SMILES string of the molecule is CC(=O)c1ccc(B2OC(C)(C)C(C)(C)O2)cn1.CC(=O)c1ccc(Br)cn1.CC1(C)OB(B2OC(C)(C)C(C)(C)O2)OC1(C)C. The summed E-state index contributed by atoms with van der Waals surface area (Å²) in [5.41, 5.74) is -0.379. The van der Waals surface area contributed by atoms with Crippen LogP contribution in [-0.4, -0.2) is 76.3 Å². The number of carbonyl (C=O) groups excluding carboxylic acids is 2. The smallest absolute Gasteiger partial charge is 0.405 e. The third-order valence-electron chi connectivity index (χ3n) is 9.53. The van der Waals surface area contributed by atoms with Crippen molar-refractivity contribution in [3.05, 3.63) is 52.5 Å². The van der Waals surface area contributed by atoms with Gasteiger partial charge in [-0.3, -0.25) is 19.6 Å². The van der Waals surface area contributed by atoms with Gasteiger partial charge in [-0.25, -0.2) is 0 Å². The van der Waals surface area contributed by atoms with E-state index in [4.69, 9.17) is 27.9 Å². The summed E-state index contributed by atoms with van der Waals surface area (Å²) < 4.78 is 36.5. The minimum Gasteiger partial charge on any atom is -0.405 e. The predicted octanol–water partition coefficient (Wildman–Crippen LogP) is 5.88. The third kappa shape index (κ3) is 8.56. The molecule has 14 heteroatoms. The standard InChI is InChI=1S/C13H18BNO3.C12H24B2O4.C7H6BrNO/c1-9(16)11-7-6-10(8-15-11)14-17-12(2,3)13(4,5)18-14;1-9(2)10(3,4)16-13(15-9)14-17-11(5,6)12(7,8)18-14;1-5(10)7-3-2-6(8)4-9-7/h6-8H,1-5H3;1-8H3;2-4H,1H3. The quantitative estimate of drug-likeness (QED) is 0.283. The Hall–Kier alpha value is -1.93. The molecule has 250 valence electrons. The summed E-state index contributed by atoms with van der Waals surface area (Å²) in [7, 11) is -1.38. The van der Waals surface area contributed by atoms with Crippen LogP contribution in [0, 0.1) is 0 Å². The lowest BCUT2D eigenvalue weighted by molar-refractivity contribution is 0.00578. The van der Waals surface area contributed by atoms with Gasteiger partial charge in [0.15, 0.2) is 11.6 Å². The second-order valence-electron chi connectivity index (χ2n) is 14.8. The lowest BCUT2D eigenvalue weighted by atomic mass is 9.49. The van der Waals surface area contributed by atoms with Crippen molar-refractivity contribution in [1.82, 2.24) is 9.97 Å². The van der Waals surface area contributed by atoms with Crippen LogP contribution in [0.5, 0.6) is 0 Å². The molecule has 0 saturated carbocycles. The van der Waals surface area contributed by atoms with E-state index in [2.05, 4.69) is 25.9 Å². The van der Waals surface area contributed by atoms with Gasteiger partial charge < -0.3 is 27.9 Å². The summed E-state index contributed by atoms with van der Waals surface area (Å²) in [6, 6.07) is 7.00. The largest absolute Gasteiger partial charge is 0.496 e. The first-order valence-electron chi connectivity index (χ1n) is 15.5. The van der Waals surface area contributed by atoms with E-state index in [9.17, 15) is 9.59 Å². The van der Waals surface area contributed by atoms with Crippen LogP contribution in [0.4, 0.5) is 0 Å². The molecule has 2 aromatic heterocycles. The van der Waals surface area contributed by atoms with E-state index in [0.29, 0.717) is 11.4 Å². The normalized spacial score (nSPS) is 22.8. The molecule has 3 fully saturated rings. The molecule has 0 bridgehead atoms. The van der Waals surface area contributed by atoms with Crippen molar-refractivity contribution in [2.24, 2.45) is 0 Å². The Morgan fingerprint density at radius 1 is 0.543 bits per heavy atom. The number of carbonyl (C=O) groups is 2. The molecule has 3 aliphatic heterocycles. The van der Waals surface area contributed by atoms with Gasteiger partial charge in [-0.05, 0) is 117 Å². The average molecular weight is 701 g/mol. The molecule has 5 rings (SSSR count). The Labute approximate surface area is 283 Å². The summed E-state index contributed by atoms with van der Waals surface area (Å²) in [6.07, 6.45) is 3.25. The maximum Gasteiger partial charge on any atom is 0.496 e. The first-order valence-corrected chi connectivity index (χ1v) is 16.3. The van der Waals surface area contributed by atoms with Crippen LogP contribution in [0.15, 0.2) is 41.1 Å². The van der Waals surface area contributed by atoms with Gasteiger partial charge >= 0.3 is 21.1 Å². The molecule has 3 saturated heterocycles. The molecule has 0 atom stereocenters. The number of ketones is 2. The van der Waals surface area contributed by atoms with Crippen molar-refractivity contribution < 1.29 is 37.5 Å². The van der Waals surface area contributed by atoms with Crippen LogP contribution in [-0.2, 0) is 27.9 Å². The van der Waals surface area contributed by atoms with E-state index >= 15 is 0 Å². The molecule has 0 N–H and O–H groups in total.